The van der Waals surface area contributed by atoms with Gasteiger partial charge < -0.3 is 16.0 Å². The van der Waals surface area contributed by atoms with Crippen LogP contribution in [0.4, 0.5) is 25.8 Å². The highest BCUT2D eigenvalue weighted by molar-refractivity contribution is 5.95. The number of aromatic nitrogens is 2. The van der Waals surface area contributed by atoms with Gasteiger partial charge in [-0.15, -0.1) is 0 Å². The minimum absolute atomic E-state index is 0.00278. The van der Waals surface area contributed by atoms with Crippen LogP contribution in [-0.2, 0) is 4.79 Å². The fourth-order valence-electron chi connectivity index (χ4n) is 3.78. The molecule has 0 saturated heterocycles. The van der Waals surface area contributed by atoms with E-state index in [1.54, 1.807) is 37.3 Å². The van der Waals surface area contributed by atoms with Gasteiger partial charge in [0.15, 0.2) is 0 Å². The average Bonchev–Trinajstić information content (AvgIpc) is 3.69. The van der Waals surface area contributed by atoms with Crippen molar-refractivity contribution in [2.24, 2.45) is 0 Å². The van der Waals surface area contributed by atoms with E-state index in [4.69, 9.17) is 5.73 Å². The molecule has 0 atom stereocenters. The molecule has 7 nitrogen and oxygen atoms in total. The number of allylic oxidation sites excluding steroid dienone is 1. The van der Waals surface area contributed by atoms with E-state index in [-0.39, 0.29) is 34.4 Å². The van der Waals surface area contributed by atoms with Gasteiger partial charge in [0.05, 0.1) is 28.7 Å². The number of anilines is 3. The van der Waals surface area contributed by atoms with Gasteiger partial charge in [-0.2, -0.15) is 5.10 Å². The molecular formula is C27H31F2N5O2. The summed E-state index contributed by atoms with van der Waals surface area (Å²) < 4.78 is 31.0. The van der Waals surface area contributed by atoms with Crippen molar-refractivity contribution in [2.75, 3.05) is 23.0 Å². The van der Waals surface area contributed by atoms with Gasteiger partial charge in [-0.25, -0.2) is 13.5 Å². The lowest BCUT2D eigenvalue weighted by Crippen LogP contribution is -2.32. The Hall–Kier alpha value is -4.01. The molecule has 1 amide bonds. The lowest BCUT2D eigenvalue weighted by molar-refractivity contribution is -0.107. The normalized spacial score (nSPS) is 13.3. The lowest BCUT2D eigenvalue weighted by Gasteiger charge is -2.23. The number of benzene rings is 2. The summed E-state index contributed by atoms with van der Waals surface area (Å²) in [7, 11) is 1.45. The second-order valence-corrected chi connectivity index (χ2v) is 8.41. The summed E-state index contributed by atoms with van der Waals surface area (Å²) in [6.45, 7) is 6.90. The molecule has 0 spiro atoms. The second-order valence-electron chi connectivity index (χ2n) is 8.41. The number of nitrogens with two attached hydrogens (primary N) is 1. The van der Waals surface area contributed by atoms with Crippen LogP contribution in [0.15, 0.2) is 53.1 Å². The standard InChI is InChI=1S/C25H25F2N5O2.C2H6/c1-14-7-10-20(19(27)11-14)29-22(15(2)26)21-24(31(3)13-33)23(16-5-4-6-17(28)12-16)30-32(25(21)34)18-8-9-18;1-2/h4-7,10-13,18,29H,8-9,28H2,1-3H3;1-2H3/b22-15-;. The van der Waals surface area contributed by atoms with Crippen molar-refractivity contribution in [3.8, 4) is 11.3 Å². The fourth-order valence-corrected chi connectivity index (χ4v) is 3.78. The number of aryl methyl sites for hydroxylation is 1. The molecule has 1 aliphatic rings. The molecule has 1 aliphatic carbocycles. The predicted molar refractivity (Wildman–Crippen MR) is 141 cm³/mol. The minimum atomic E-state index is -0.746. The molecule has 1 saturated carbocycles. The zero-order valence-electron chi connectivity index (χ0n) is 21.1. The Morgan fingerprint density at radius 3 is 2.47 bits per heavy atom. The van der Waals surface area contributed by atoms with Crippen LogP contribution in [0.1, 0.15) is 50.8 Å². The topological polar surface area (TPSA) is 93.2 Å². The van der Waals surface area contributed by atoms with Crippen LogP contribution < -0.4 is 21.5 Å². The monoisotopic (exact) mass is 495 g/mol. The van der Waals surface area contributed by atoms with E-state index in [9.17, 15) is 14.0 Å². The van der Waals surface area contributed by atoms with E-state index < -0.39 is 17.2 Å². The minimum Gasteiger partial charge on any atom is -0.399 e. The summed E-state index contributed by atoms with van der Waals surface area (Å²) in [6.07, 6.45) is 2.01. The highest BCUT2D eigenvalue weighted by Gasteiger charge is 2.32. The molecule has 0 radical (unpaired) electrons. The zero-order valence-corrected chi connectivity index (χ0v) is 21.1. The predicted octanol–water partition coefficient (Wildman–Crippen LogP) is 5.66. The molecule has 9 heteroatoms. The van der Waals surface area contributed by atoms with Gasteiger partial charge >= 0.3 is 0 Å². The molecule has 4 rings (SSSR count). The first-order chi connectivity index (χ1) is 17.2. The summed E-state index contributed by atoms with van der Waals surface area (Å²) in [6, 6.07) is 11.1. The van der Waals surface area contributed by atoms with Crippen LogP contribution in [0.3, 0.4) is 0 Å². The lowest BCUT2D eigenvalue weighted by atomic mass is 10.0. The van der Waals surface area contributed by atoms with Crippen molar-refractivity contribution >= 4 is 29.2 Å². The van der Waals surface area contributed by atoms with E-state index in [2.05, 4.69) is 10.4 Å². The third-order valence-electron chi connectivity index (χ3n) is 5.63. The first kappa shape index (κ1) is 26.6. The largest absolute Gasteiger partial charge is 0.399 e. The number of carbonyl (C=O) groups excluding carboxylic acids is 1. The van der Waals surface area contributed by atoms with Gasteiger partial charge in [0.2, 0.25) is 6.41 Å². The van der Waals surface area contributed by atoms with Crippen molar-refractivity contribution in [3.63, 3.8) is 0 Å². The molecule has 3 aromatic rings. The molecule has 0 unspecified atom stereocenters. The van der Waals surface area contributed by atoms with Crippen LogP contribution >= 0.6 is 0 Å². The molecule has 0 aliphatic heterocycles. The zero-order chi connectivity index (χ0) is 26.6. The molecule has 190 valence electrons. The number of hydrogen-bond acceptors (Lipinski definition) is 5. The van der Waals surface area contributed by atoms with E-state index >= 15 is 4.39 Å². The van der Waals surface area contributed by atoms with Gasteiger partial charge in [-0.3, -0.25) is 9.59 Å². The first-order valence-corrected chi connectivity index (χ1v) is 11.8. The summed E-state index contributed by atoms with van der Waals surface area (Å²) in [4.78, 5) is 26.6. The molecule has 36 heavy (non-hydrogen) atoms. The van der Waals surface area contributed by atoms with Crippen LogP contribution in [0, 0.1) is 12.7 Å². The van der Waals surface area contributed by atoms with Gasteiger partial charge in [0, 0.05) is 18.3 Å². The SMILES string of the molecule is C/C(F)=C(/Nc1ccc(C)cc1F)c1c(N(C)C=O)c(-c2cccc(N)c2)nn(C2CC2)c1=O.CC. The number of nitrogen functional groups attached to an aromatic ring is 1. The fraction of sp³-hybridized carbons (Fsp3) is 0.296. The Morgan fingerprint density at radius 1 is 1.22 bits per heavy atom. The highest BCUT2D eigenvalue weighted by Crippen LogP contribution is 2.39. The maximum Gasteiger partial charge on any atom is 0.278 e. The van der Waals surface area contributed by atoms with Crippen molar-refractivity contribution in [2.45, 2.75) is 46.6 Å². The quantitative estimate of drug-likeness (QED) is 0.326. The molecule has 1 aromatic heterocycles. The van der Waals surface area contributed by atoms with Gasteiger partial charge in [0.25, 0.3) is 5.56 Å². The van der Waals surface area contributed by atoms with Crippen molar-refractivity contribution in [1.29, 1.82) is 0 Å². The number of hydrogen-bond donors (Lipinski definition) is 2. The van der Waals surface area contributed by atoms with Gasteiger partial charge in [-0.1, -0.05) is 32.0 Å². The Balaban J connectivity index is 0.00000176. The molecule has 1 heterocycles. The van der Waals surface area contributed by atoms with E-state index in [1.165, 1.54) is 30.8 Å². The number of rotatable bonds is 7. The van der Waals surface area contributed by atoms with Crippen LogP contribution in [-0.4, -0.2) is 23.2 Å². The summed E-state index contributed by atoms with van der Waals surface area (Å²) >= 11 is 0. The Labute approximate surface area is 209 Å². The number of nitrogens with one attached hydrogen (secondary N) is 1. The van der Waals surface area contributed by atoms with Crippen LogP contribution in [0.5, 0.6) is 0 Å². The molecule has 3 N–H and O–H groups in total. The number of nitrogens with zero attached hydrogens (tertiary/aromatic N) is 3. The summed E-state index contributed by atoms with van der Waals surface area (Å²) in [5.74, 6) is -1.35. The Kier molecular flexibility index (Phi) is 8.24. The van der Waals surface area contributed by atoms with Crippen molar-refractivity contribution in [1.82, 2.24) is 9.78 Å². The average molecular weight is 496 g/mol. The third kappa shape index (κ3) is 5.45. The van der Waals surface area contributed by atoms with Crippen molar-refractivity contribution in [3.05, 3.63) is 75.6 Å². The molecular weight excluding hydrogens is 464 g/mol. The second kappa shape index (κ2) is 11.2. The maximum absolute atomic E-state index is 15.0. The maximum atomic E-state index is 15.0. The Bertz CT molecular complexity index is 1360. The molecule has 0 bridgehead atoms. The van der Waals surface area contributed by atoms with E-state index in [0.29, 0.717) is 23.2 Å². The van der Waals surface area contributed by atoms with Crippen LogP contribution in [0.25, 0.3) is 17.0 Å². The Morgan fingerprint density at radius 2 is 1.92 bits per heavy atom. The smallest absolute Gasteiger partial charge is 0.278 e. The van der Waals surface area contributed by atoms with Crippen molar-refractivity contribution < 1.29 is 13.6 Å². The highest BCUT2D eigenvalue weighted by atomic mass is 19.1. The molecule has 2 aromatic carbocycles. The summed E-state index contributed by atoms with van der Waals surface area (Å²) in [5, 5.41) is 7.30. The number of carbonyl (C=O) groups is 1. The van der Waals surface area contributed by atoms with E-state index in [1.807, 2.05) is 13.8 Å². The molecule has 1 fully saturated rings. The summed E-state index contributed by atoms with van der Waals surface area (Å²) in [5.41, 5.74) is 7.11. The third-order valence-corrected chi connectivity index (χ3v) is 5.63. The number of amides is 1. The van der Waals surface area contributed by atoms with E-state index in [0.717, 1.165) is 17.7 Å². The first-order valence-electron chi connectivity index (χ1n) is 11.8. The van der Waals surface area contributed by atoms with Gasteiger partial charge in [0.1, 0.15) is 17.3 Å². The van der Waals surface area contributed by atoms with Gasteiger partial charge in [-0.05, 0) is 56.5 Å². The van der Waals surface area contributed by atoms with Crippen LogP contribution in [0.2, 0.25) is 0 Å². The number of halogens is 2.